The number of Topliss-reactive ketones (excluding diaryl/α,β-unsaturated/α-hetero) is 1. The second-order valence-corrected chi connectivity index (χ2v) is 11.5. The van der Waals surface area contributed by atoms with Gasteiger partial charge in [0.15, 0.2) is 0 Å². The van der Waals surface area contributed by atoms with Gasteiger partial charge in [-0.25, -0.2) is 8.42 Å². The Morgan fingerprint density at radius 1 is 1.21 bits per heavy atom. The molecule has 4 rings (SSSR count). The molecule has 2 heterocycles. The summed E-state index contributed by atoms with van der Waals surface area (Å²) in [5.41, 5.74) is -0.391. The van der Waals surface area contributed by atoms with Crippen LogP contribution in [0.2, 0.25) is 0 Å². The molecule has 0 amide bonds. The highest BCUT2D eigenvalue weighted by molar-refractivity contribution is 7.89. The number of ketones is 1. The molecule has 1 saturated heterocycles. The first-order valence-electron chi connectivity index (χ1n) is 10.3. The molecule has 3 unspecified atom stereocenters. The zero-order valence-electron chi connectivity index (χ0n) is 17.6. The van der Waals surface area contributed by atoms with Gasteiger partial charge in [-0.1, -0.05) is 13.8 Å². The SMILES string of the molecule is Cc1cc(OC2CCN(S(=O)(=O)CC34CCC(CC3=O)C4(C)C)C2)cc(=O)n1C. The number of carbonyl (C=O) groups excluding carboxylic acids is 1. The van der Waals surface area contributed by atoms with E-state index in [1.54, 1.807) is 13.1 Å². The van der Waals surface area contributed by atoms with Gasteiger partial charge < -0.3 is 9.30 Å². The fourth-order valence-electron chi connectivity index (χ4n) is 5.55. The minimum absolute atomic E-state index is 0.0972. The molecule has 1 aromatic rings. The first kappa shape index (κ1) is 20.6. The molecule has 3 fully saturated rings. The van der Waals surface area contributed by atoms with Crippen LogP contribution in [0.25, 0.3) is 0 Å². The largest absolute Gasteiger partial charge is 0.489 e. The number of nitrogens with zero attached hydrogens (tertiary/aromatic N) is 2. The van der Waals surface area contributed by atoms with Gasteiger partial charge in [0.05, 0.1) is 12.3 Å². The number of rotatable bonds is 5. The lowest BCUT2D eigenvalue weighted by atomic mass is 9.70. The number of aryl methyl sites for hydroxylation is 1. The van der Waals surface area contributed by atoms with Crippen LogP contribution >= 0.6 is 0 Å². The second kappa shape index (κ2) is 6.67. The van der Waals surface area contributed by atoms with Crippen molar-refractivity contribution >= 4 is 15.8 Å². The number of carbonyl (C=O) groups is 1. The number of ether oxygens (including phenoxy) is 1. The van der Waals surface area contributed by atoms with Crippen molar-refractivity contribution < 1.29 is 17.9 Å². The first-order valence-corrected chi connectivity index (χ1v) is 11.9. The summed E-state index contributed by atoms with van der Waals surface area (Å²) in [6.45, 7) is 6.57. The molecule has 0 aromatic carbocycles. The number of pyridine rings is 1. The molecule has 7 nitrogen and oxygen atoms in total. The van der Waals surface area contributed by atoms with E-state index in [0.29, 0.717) is 37.5 Å². The van der Waals surface area contributed by atoms with Gasteiger partial charge in [-0.3, -0.25) is 9.59 Å². The van der Waals surface area contributed by atoms with Crippen molar-refractivity contribution in [3.05, 3.63) is 28.2 Å². The average Bonchev–Trinajstić information content (AvgIpc) is 3.23. The summed E-state index contributed by atoms with van der Waals surface area (Å²) < 4.78 is 35.4. The van der Waals surface area contributed by atoms with Crippen LogP contribution in [0.3, 0.4) is 0 Å². The van der Waals surface area contributed by atoms with E-state index in [-0.39, 0.29) is 35.2 Å². The van der Waals surface area contributed by atoms with Crippen LogP contribution in [0, 0.1) is 23.7 Å². The Bertz CT molecular complexity index is 1010. The monoisotopic (exact) mass is 422 g/mol. The molecule has 0 radical (unpaired) electrons. The van der Waals surface area contributed by atoms with Crippen LogP contribution in [0.1, 0.15) is 45.2 Å². The van der Waals surface area contributed by atoms with E-state index in [4.69, 9.17) is 4.74 Å². The molecular formula is C21H30N2O5S. The minimum Gasteiger partial charge on any atom is -0.489 e. The van der Waals surface area contributed by atoms with Gasteiger partial charge >= 0.3 is 0 Å². The number of hydrogen-bond acceptors (Lipinski definition) is 5. The van der Waals surface area contributed by atoms with E-state index in [2.05, 4.69) is 13.8 Å². The molecule has 3 atom stereocenters. The molecule has 2 aliphatic carbocycles. The summed E-state index contributed by atoms with van der Waals surface area (Å²) >= 11 is 0. The van der Waals surface area contributed by atoms with Gasteiger partial charge in [-0.15, -0.1) is 0 Å². The van der Waals surface area contributed by atoms with Crippen LogP contribution < -0.4 is 10.3 Å². The van der Waals surface area contributed by atoms with Gasteiger partial charge in [-0.2, -0.15) is 4.31 Å². The molecule has 29 heavy (non-hydrogen) atoms. The summed E-state index contributed by atoms with van der Waals surface area (Å²) in [6, 6.07) is 3.22. The minimum atomic E-state index is -3.57. The maximum atomic E-state index is 13.2. The standard InChI is InChI=1S/C21H30N2O5S/c1-14-9-17(11-19(25)22(14)4)28-16-6-8-23(12-16)29(26,27)13-21-7-5-15(10-18(21)24)20(21,2)3/h9,11,15-16H,5-8,10,12-13H2,1-4H3. The third-order valence-electron chi connectivity index (χ3n) is 7.85. The normalized spacial score (nSPS) is 31.5. The molecule has 0 spiro atoms. The van der Waals surface area contributed by atoms with Crippen LogP contribution in [0.5, 0.6) is 5.75 Å². The maximum absolute atomic E-state index is 13.2. The Kier molecular flexibility index (Phi) is 4.74. The van der Waals surface area contributed by atoms with E-state index in [1.165, 1.54) is 14.9 Å². The van der Waals surface area contributed by atoms with Crippen molar-refractivity contribution in [2.24, 2.45) is 23.8 Å². The van der Waals surface area contributed by atoms with Gasteiger partial charge in [0, 0.05) is 37.2 Å². The van der Waals surface area contributed by atoms with Crippen molar-refractivity contribution in [2.75, 3.05) is 18.8 Å². The lowest BCUT2D eigenvalue weighted by molar-refractivity contribution is -0.128. The van der Waals surface area contributed by atoms with Crippen LogP contribution in [-0.2, 0) is 21.9 Å². The number of hydrogen-bond donors (Lipinski definition) is 0. The van der Waals surface area contributed by atoms with E-state index >= 15 is 0 Å². The second-order valence-electron chi connectivity index (χ2n) is 9.54. The molecule has 3 aliphatic rings. The molecule has 8 heteroatoms. The van der Waals surface area contributed by atoms with E-state index < -0.39 is 15.4 Å². The van der Waals surface area contributed by atoms with Crippen molar-refractivity contribution in [3.63, 3.8) is 0 Å². The average molecular weight is 423 g/mol. The summed E-state index contributed by atoms with van der Waals surface area (Å²) in [4.78, 5) is 24.7. The predicted molar refractivity (Wildman–Crippen MR) is 109 cm³/mol. The van der Waals surface area contributed by atoms with E-state index in [9.17, 15) is 18.0 Å². The molecule has 160 valence electrons. The fraction of sp³-hybridized carbons (Fsp3) is 0.714. The molecule has 1 aliphatic heterocycles. The Labute approximate surface area is 172 Å². The van der Waals surface area contributed by atoms with Crippen LogP contribution in [0.4, 0.5) is 0 Å². The molecule has 0 N–H and O–H groups in total. The molecular weight excluding hydrogens is 392 g/mol. The molecule has 1 aromatic heterocycles. The lowest BCUT2D eigenvalue weighted by Crippen LogP contribution is -2.46. The number of sulfonamides is 1. The third kappa shape index (κ3) is 3.15. The highest BCUT2D eigenvalue weighted by atomic mass is 32.2. The number of fused-ring (bicyclic) bond motifs is 2. The fourth-order valence-corrected chi connectivity index (χ4v) is 7.81. The van der Waals surface area contributed by atoms with Gasteiger partial charge in [0.2, 0.25) is 10.0 Å². The zero-order chi connectivity index (χ0) is 21.2. The van der Waals surface area contributed by atoms with Crippen molar-refractivity contribution in [2.45, 2.75) is 52.6 Å². The topological polar surface area (TPSA) is 85.7 Å². The van der Waals surface area contributed by atoms with Gasteiger partial charge in [0.1, 0.15) is 17.6 Å². The lowest BCUT2D eigenvalue weighted by Gasteiger charge is -2.37. The van der Waals surface area contributed by atoms with Crippen molar-refractivity contribution in [3.8, 4) is 5.75 Å². The van der Waals surface area contributed by atoms with Crippen molar-refractivity contribution in [1.82, 2.24) is 8.87 Å². The Balaban J connectivity index is 1.47. The molecule has 2 bridgehead atoms. The van der Waals surface area contributed by atoms with Gasteiger partial charge in [0.25, 0.3) is 5.56 Å². The smallest absolute Gasteiger partial charge is 0.254 e. The van der Waals surface area contributed by atoms with Crippen LogP contribution in [-0.4, -0.2) is 48.0 Å². The number of aromatic nitrogens is 1. The molecule has 2 saturated carbocycles. The Hall–Kier alpha value is -1.67. The first-order chi connectivity index (χ1) is 13.5. The summed E-state index contributed by atoms with van der Waals surface area (Å²) in [5.74, 6) is 0.785. The Morgan fingerprint density at radius 3 is 2.52 bits per heavy atom. The Morgan fingerprint density at radius 2 is 1.93 bits per heavy atom. The third-order valence-corrected chi connectivity index (χ3v) is 9.82. The van der Waals surface area contributed by atoms with Gasteiger partial charge in [-0.05, 0) is 43.6 Å². The summed E-state index contributed by atoms with van der Waals surface area (Å²) in [6.07, 6.45) is 2.39. The van der Waals surface area contributed by atoms with Crippen molar-refractivity contribution in [1.29, 1.82) is 0 Å². The zero-order valence-corrected chi connectivity index (χ0v) is 18.4. The highest BCUT2D eigenvalue weighted by Crippen LogP contribution is 2.64. The van der Waals surface area contributed by atoms with E-state index in [0.717, 1.165) is 12.1 Å². The summed E-state index contributed by atoms with van der Waals surface area (Å²) in [5, 5.41) is 0. The highest BCUT2D eigenvalue weighted by Gasteiger charge is 2.65. The summed E-state index contributed by atoms with van der Waals surface area (Å²) in [7, 11) is -1.87. The maximum Gasteiger partial charge on any atom is 0.254 e. The van der Waals surface area contributed by atoms with Crippen LogP contribution in [0.15, 0.2) is 16.9 Å². The van der Waals surface area contributed by atoms with E-state index in [1.807, 2.05) is 6.92 Å². The quantitative estimate of drug-likeness (QED) is 0.723. The predicted octanol–water partition coefficient (Wildman–Crippen LogP) is 1.87.